The van der Waals surface area contributed by atoms with Crippen LogP contribution in [0.4, 0.5) is 4.39 Å². The van der Waals surface area contributed by atoms with Gasteiger partial charge in [-0.25, -0.2) is 4.39 Å². The summed E-state index contributed by atoms with van der Waals surface area (Å²) in [6.07, 6.45) is 0.917. The molecule has 0 spiro atoms. The molecule has 1 amide bonds. The summed E-state index contributed by atoms with van der Waals surface area (Å²) in [6.45, 7) is 1.40. The maximum Gasteiger partial charge on any atom is 0.254 e. The zero-order chi connectivity index (χ0) is 12.5. The Bertz CT molecular complexity index is 576. The summed E-state index contributed by atoms with van der Waals surface area (Å²) in [5.41, 5.74) is 1.79. The van der Waals surface area contributed by atoms with Gasteiger partial charge in [-0.3, -0.25) is 4.79 Å². The van der Waals surface area contributed by atoms with Gasteiger partial charge in [0.05, 0.1) is 0 Å². The SMILES string of the molecule is O=C(c1ccc(F)cc1)N1CCc2sccc2C1. The Labute approximate surface area is 109 Å². The maximum absolute atomic E-state index is 12.8. The monoisotopic (exact) mass is 261 g/mol. The summed E-state index contributed by atoms with van der Waals surface area (Å²) in [7, 11) is 0. The van der Waals surface area contributed by atoms with Crippen LogP contribution >= 0.6 is 11.3 Å². The van der Waals surface area contributed by atoms with Gasteiger partial charge in [0.2, 0.25) is 0 Å². The van der Waals surface area contributed by atoms with Crippen molar-refractivity contribution in [2.75, 3.05) is 6.54 Å². The molecule has 0 bridgehead atoms. The van der Waals surface area contributed by atoms with Crippen LogP contribution in [0.5, 0.6) is 0 Å². The number of benzene rings is 1. The van der Waals surface area contributed by atoms with Crippen molar-refractivity contribution in [3.05, 3.63) is 57.5 Å². The second-order valence-electron chi connectivity index (χ2n) is 4.35. The quantitative estimate of drug-likeness (QED) is 0.772. The fraction of sp³-hybridized carbons (Fsp3) is 0.214. The highest BCUT2D eigenvalue weighted by Gasteiger charge is 2.22. The molecule has 0 atom stereocenters. The van der Waals surface area contributed by atoms with Crippen LogP contribution in [0.2, 0.25) is 0 Å². The van der Waals surface area contributed by atoms with E-state index in [1.807, 2.05) is 4.90 Å². The normalized spacial score (nSPS) is 14.4. The van der Waals surface area contributed by atoms with Crippen molar-refractivity contribution in [1.82, 2.24) is 4.90 Å². The molecule has 0 saturated carbocycles. The van der Waals surface area contributed by atoms with E-state index in [0.717, 1.165) is 13.0 Å². The Balaban J connectivity index is 1.80. The predicted molar refractivity (Wildman–Crippen MR) is 69.2 cm³/mol. The highest BCUT2D eigenvalue weighted by Crippen LogP contribution is 2.25. The van der Waals surface area contributed by atoms with Crippen molar-refractivity contribution in [2.24, 2.45) is 0 Å². The van der Waals surface area contributed by atoms with Gasteiger partial charge in [0.1, 0.15) is 5.82 Å². The highest BCUT2D eigenvalue weighted by atomic mass is 32.1. The molecule has 3 rings (SSSR count). The minimum Gasteiger partial charge on any atom is -0.334 e. The van der Waals surface area contributed by atoms with Crippen LogP contribution in [0, 0.1) is 5.82 Å². The van der Waals surface area contributed by atoms with E-state index >= 15 is 0 Å². The van der Waals surface area contributed by atoms with Crippen LogP contribution in [0.15, 0.2) is 35.7 Å². The number of fused-ring (bicyclic) bond motifs is 1. The van der Waals surface area contributed by atoms with E-state index in [2.05, 4.69) is 11.4 Å². The van der Waals surface area contributed by atoms with Gasteiger partial charge >= 0.3 is 0 Å². The molecule has 1 aromatic carbocycles. The molecular formula is C14H12FNOS. The second kappa shape index (κ2) is 4.53. The molecule has 2 nitrogen and oxygen atoms in total. The molecule has 4 heteroatoms. The van der Waals surface area contributed by atoms with E-state index in [-0.39, 0.29) is 11.7 Å². The third kappa shape index (κ3) is 2.04. The van der Waals surface area contributed by atoms with Crippen molar-refractivity contribution in [2.45, 2.75) is 13.0 Å². The first-order chi connectivity index (χ1) is 8.74. The van der Waals surface area contributed by atoms with E-state index in [9.17, 15) is 9.18 Å². The molecule has 18 heavy (non-hydrogen) atoms. The number of carbonyl (C=O) groups is 1. The zero-order valence-electron chi connectivity index (χ0n) is 9.73. The Kier molecular flexibility index (Phi) is 2.88. The Morgan fingerprint density at radius 2 is 2.00 bits per heavy atom. The molecule has 0 fully saturated rings. The maximum atomic E-state index is 12.8. The average molecular weight is 261 g/mol. The second-order valence-corrected chi connectivity index (χ2v) is 5.35. The molecular weight excluding hydrogens is 249 g/mol. The minimum absolute atomic E-state index is 0.0214. The van der Waals surface area contributed by atoms with Gasteiger partial charge in [0.15, 0.2) is 0 Å². The Morgan fingerprint density at radius 1 is 1.22 bits per heavy atom. The first-order valence-corrected chi connectivity index (χ1v) is 6.72. The summed E-state index contributed by atoms with van der Waals surface area (Å²) < 4.78 is 12.8. The number of halogens is 1. The van der Waals surface area contributed by atoms with Gasteiger partial charge in [0.25, 0.3) is 5.91 Å². The van der Waals surface area contributed by atoms with Gasteiger partial charge < -0.3 is 4.90 Å². The number of amides is 1. The van der Waals surface area contributed by atoms with Crippen LogP contribution in [-0.4, -0.2) is 17.4 Å². The summed E-state index contributed by atoms with van der Waals surface area (Å²) in [5.74, 6) is -0.336. The van der Waals surface area contributed by atoms with Crippen molar-refractivity contribution in [3.8, 4) is 0 Å². The first-order valence-electron chi connectivity index (χ1n) is 5.84. The molecule has 0 N–H and O–H groups in total. The van der Waals surface area contributed by atoms with E-state index in [4.69, 9.17) is 0 Å². The van der Waals surface area contributed by atoms with Crippen LogP contribution < -0.4 is 0 Å². The first kappa shape index (κ1) is 11.4. The highest BCUT2D eigenvalue weighted by molar-refractivity contribution is 7.10. The van der Waals surface area contributed by atoms with Crippen molar-refractivity contribution in [3.63, 3.8) is 0 Å². The molecule has 1 aromatic heterocycles. The lowest BCUT2D eigenvalue weighted by Crippen LogP contribution is -2.35. The fourth-order valence-corrected chi connectivity index (χ4v) is 3.09. The molecule has 0 unspecified atom stereocenters. The molecule has 0 saturated heterocycles. The predicted octanol–water partition coefficient (Wildman–Crippen LogP) is 3.09. The van der Waals surface area contributed by atoms with Crippen molar-refractivity contribution >= 4 is 17.2 Å². The third-order valence-corrected chi connectivity index (χ3v) is 4.21. The van der Waals surface area contributed by atoms with Gasteiger partial charge in [-0.15, -0.1) is 11.3 Å². The standard InChI is InChI=1S/C14H12FNOS/c15-12-3-1-10(2-4-12)14(17)16-7-5-13-11(9-16)6-8-18-13/h1-4,6,8H,5,7,9H2. The summed E-state index contributed by atoms with van der Waals surface area (Å²) in [5, 5.41) is 2.07. The average Bonchev–Trinajstić information content (AvgIpc) is 2.86. The largest absolute Gasteiger partial charge is 0.334 e. The number of thiophene rings is 1. The number of nitrogens with zero attached hydrogens (tertiary/aromatic N) is 1. The van der Waals surface area contributed by atoms with E-state index < -0.39 is 0 Å². The molecule has 92 valence electrons. The minimum atomic E-state index is -0.315. The van der Waals surface area contributed by atoms with Crippen LogP contribution in [0.1, 0.15) is 20.8 Å². The smallest absolute Gasteiger partial charge is 0.254 e. The third-order valence-electron chi connectivity index (χ3n) is 3.19. The van der Waals surface area contributed by atoms with Gasteiger partial charge in [-0.2, -0.15) is 0 Å². The van der Waals surface area contributed by atoms with Crippen LogP contribution in [-0.2, 0) is 13.0 Å². The summed E-state index contributed by atoms with van der Waals surface area (Å²) in [4.78, 5) is 15.4. The molecule has 2 aromatic rings. The van der Waals surface area contributed by atoms with Crippen LogP contribution in [0.3, 0.4) is 0 Å². The zero-order valence-corrected chi connectivity index (χ0v) is 10.5. The van der Waals surface area contributed by atoms with Crippen molar-refractivity contribution in [1.29, 1.82) is 0 Å². The topological polar surface area (TPSA) is 20.3 Å². The number of hydrogen-bond acceptors (Lipinski definition) is 2. The lowest BCUT2D eigenvalue weighted by Gasteiger charge is -2.27. The summed E-state index contributed by atoms with van der Waals surface area (Å²) >= 11 is 1.75. The fourth-order valence-electron chi connectivity index (χ4n) is 2.20. The lowest BCUT2D eigenvalue weighted by atomic mass is 10.1. The summed E-state index contributed by atoms with van der Waals surface area (Å²) in [6, 6.07) is 7.81. The molecule has 0 aliphatic carbocycles. The molecule has 0 radical (unpaired) electrons. The van der Waals surface area contributed by atoms with E-state index in [1.54, 1.807) is 23.5 Å². The molecule has 1 aliphatic rings. The molecule has 2 heterocycles. The number of rotatable bonds is 1. The lowest BCUT2D eigenvalue weighted by molar-refractivity contribution is 0.0736. The number of carbonyl (C=O) groups excluding carboxylic acids is 1. The van der Waals surface area contributed by atoms with Gasteiger partial charge in [-0.1, -0.05) is 0 Å². The Morgan fingerprint density at radius 3 is 2.78 bits per heavy atom. The van der Waals surface area contributed by atoms with Gasteiger partial charge in [-0.05, 0) is 47.7 Å². The Hall–Kier alpha value is -1.68. The van der Waals surface area contributed by atoms with Crippen molar-refractivity contribution < 1.29 is 9.18 Å². The number of hydrogen-bond donors (Lipinski definition) is 0. The van der Waals surface area contributed by atoms with Gasteiger partial charge in [0, 0.05) is 23.5 Å². The van der Waals surface area contributed by atoms with Crippen LogP contribution in [0.25, 0.3) is 0 Å². The van der Waals surface area contributed by atoms with E-state index in [1.165, 1.54) is 22.6 Å². The van der Waals surface area contributed by atoms with E-state index in [0.29, 0.717) is 12.1 Å². The molecule has 1 aliphatic heterocycles.